The van der Waals surface area contributed by atoms with Gasteiger partial charge in [0.05, 0.1) is 78.8 Å². The summed E-state index contributed by atoms with van der Waals surface area (Å²) >= 11 is 6.21. The second kappa shape index (κ2) is 24.0. The summed E-state index contributed by atoms with van der Waals surface area (Å²) in [5.41, 5.74) is 5.36. The van der Waals surface area contributed by atoms with E-state index >= 15 is 0 Å². The highest BCUT2D eigenvalue weighted by Crippen LogP contribution is 2.35. The van der Waals surface area contributed by atoms with Crippen LogP contribution in [0.5, 0.6) is 23.0 Å². The fraction of sp³-hybridized carbons (Fsp3) is 0.362. The summed E-state index contributed by atoms with van der Waals surface area (Å²) in [6.07, 6.45) is 3.85. The van der Waals surface area contributed by atoms with Crippen molar-refractivity contribution in [2.24, 2.45) is 4.99 Å². The van der Waals surface area contributed by atoms with Gasteiger partial charge in [-0.25, -0.2) is 0 Å². The van der Waals surface area contributed by atoms with E-state index in [1.165, 1.54) is 0 Å². The molecule has 63 heavy (non-hydrogen) atoms. The van der Waals surface area contributed by atoms with Crippen molar-refractivity contribution in [1.29, 1.82) is 0 Å². The molecule has 1 aliphatic rings. The van der Waals surface area contributed by atoms with E-state index in [-0.39, 0.29) is 24.8 Å². The standard InChI is InChI=1S/C47H54ClN6O9/c1-32-52-53-47-40(51-46(35-12-14-36(48)15-13-35)39-29-37(57-2)16-17-41(39)54(32)47)30-44(55)49-19-21-60-23-25-62-26-24-61-22-20-50-45(56)31-63-38-10-6-9-33(27-38)7-5-8-34-11-18-42(58-3)43(28-34)59-4/h6-7,9-18,27-29,40H,5,8,19-26,30-31H2,1-4H3,(H,49,55)(H,50,56)/t40-/m0/s1. The highest BCUT2D eigenvalue weighted by Gasteiger charge is 2.30. The maximum atomic E-state index is 13.2. The monoisotopic (exact) mass is 881 g/mol. The number of aromatic nitrogens is 3. The van der Waals surface area contributed by atoms with E-state index in [1.807, 2.05) is 96.4 Å². The van der Waals surface area contributed by atoms with Crippen molar-refractivity contribution in [2.45, 2.75) is 32.2 Å². The molecule has 333 valence electrons. The highest BCUT2D eigenvalue weighted by atomic mass is 35.5. The number of benzene rings is 4. The molecule has 0 saturated carbocycles. The topological polar surface area (TPSA) is 166 Å². The summed E-state index contributed by atoms with van der Waals surface area (Å²) in [7, 11) is 4.87. The van der Waals surface area contributed by atoms with Gasteiger partial charge in [0, 0.05) is 29.2 Å². The number of nitrogens with zero attached hydrogens (tertiary/aromatic N) is 4. The van der Waals surface area contributed by atoms with E-state index in [9.17, 15) is 9.59 Å². The normalized spacial score (nSPS) is 13.0. The van der Waals surface area contributed by atoms with Crippen molar-refractivity contribution in [3.63, 3.8) is 0 Å². The van der Waals surface area contributed by atoms with Gasteiger partial charge in [-0.05, 0) is 91.9 Å². The van der Waals surface area contributed by atoms with E-state index in [1.54, 1.807) is 21.3 Å². The number of nitrogens with one attached hydrogen (secondary N) is 2. The van der Waals surface area contributed by atoms with Crippen LogP contribution in [0.3, 0.4) is 0 Å². The number of methoxy groups -OCH3 is 3. The van der Waals surface area contributed by atoms with Crippen molar-refractivity contribution >= 4 is 29.1 Å². The molecule has 2 amide bonds. The summed E-state index contributed by atoms with van der Waals surface area (Å²) in [6.45, 7) is 4.55. The van der Waals surface area contributed by atoms with Gasteiger partial charge >= 0.3 is 0 Å². The molecule has 16 heteroatoms. The Bertz CT molecular complexity index is 2300. The van der Waals surface area contributed by atoms with Gasteiger partial charge in [-0.1, -0.05) is 41.9 Å². The minimum Gasteiger partial charge on any atom is -0.497 e. The molecular weight excluding hydrogens is 828 g/mol. The fourth-order valence-electron chi connectivity index (χ4n) is 6.86. The Labute approximate surface area is 373 Å². The summed E-state index contributed by atoms with van der Waals surface area (Å²) in [5.74, 6) is 3.52. The minimum absolute atomic E-state index is 0.0549. The third-order valence-corrected chi connectivity index (χ3v) is 10.3. The quantitative estimate of drug-likeness (QED) is 0.0653. The van der Waals surface area contributed by atoms with Crippen LogP contribution in [-0.4, -0.2) is 113 Å². The Kier molecular flexibility index (Phi) is 17.7. The lowest BCUT2D eigenvalue weighted by Crippen LogP contribution is -2.32. The molecule has 0 unspecified atom stereocenters. The third-order valence-electron chi connectivity index (χ3n) is 10.00. The van der Waals surface area contributed by atoms with Crippen LogP contribution in [-0.2, 0) is 30.2 Å². The zero-order valence-corrected chi connectivity index (χ0v) is 36.8. The van der Waals surface area contributed by atoms with Gasteiger partial charge < -0.3 is 43.8 Å². The number of carbonyl (C=O) groups excluding carboxylic acids is 2. The smallest absolute Gasteiger partial charge is 0.258 e. The first-order valence-corrected chi connectivity index (χ1v) is 21.1. The molecule has 15 nitrogen and oxygen atoms in total. The van der Waals surface area contributed by atoms with Crippen LogP contribution in [0, 0.1) is 13.3 Å². The number of rotatable bonds is 25. The summed E-state index contributed by atoms with van der Waals surface area (Å²) in [4.78, 5) is 30.6. The van der Waals surface area contributed by atoms with Crippen LogP contribution in [0.4, 0.5) is 0 Å². The average Bonchev–Trinajstić information content (AvgIpc) is 3.63. The Morgan fingerprint density at radius 1 is 0.746 bits per heavy atom. The Hall–Kier alpha value is -6.00. The van der Waals surface area contributed by atoms with Crippen LogP contribution >= 0.6 is 11.6 Å². The number of amides is 2. The van der Waals surface area contributed by atoms with E-state index in [2.05, 4.69) is 27.3 Å². The van der Waals surface area contributed by atoms with Gasteiger partial charge in [0.15, 0.2) is 23.9 Å². The molecule has 1 aromatic heterocycles. The average molecular weight is 882 g/mol. The molecule has 1 radical (unpaired) electrons. The largest absolute Gasteiger partial charge is 0.497 e. The number of hydrogen-bond acceptors (Lipinski definition) is 12. The number of fused-ring (bicyclic) bond motifs is 3. The molecule has 0 fully saturated rings. The number of aliphatic imine (C=N–C) groups is 1. The Morgan fingerprint density at radius 3 is 2.17 bits per heavy atom. The van der Waals surface area contributed by atoms with Gasteiger partial charge in [0.1, 0.15) is 23.4 Å². The Morgan fingerprint density at radius 2 is 1.46 bits per heavy atom. The molecule has 2 N–H and O–H groups in total. The second-order valence-electron chi connectivity index (χ2n) is 14.4. The predicted molar refractivity (Wildman–Crippen MR) is 239 cm³/mol. The molecule has 2 heterocycles. The first kappa shape index (κ1) is 46.5. The van der Waals surface area contributed by atoms with Crippen LogP contribution in [0.1, 0.15) is 52.8 Å². The van der Waals surface area contributed by atoms with Crippen molar-refractivity contribution in [1.82, 2.24) is 25.4 Å². The van der Waals surface area contributed by atoms with Crippen molar-refractivity contribution in [3.8, 4) is 28.7 Å². The summed E-state index contributed by atoms with van der Waals surface area (Å²) in [5, 5.41) is 15.1. The maximum Gasteiger partial charge on any atom is 0.258 e. The lowest BCUT2D eigenvalue weighted by molar-refractivity contribution is -0.123. The molecule has 4 aromatic carbocycles. The number of aryl methyl sites for hydroxylation is 2. The first-order chi connectivity index (χ1) is 30.8. The van der Waals surface area contributed by atoms with Gasteiger partial charge in [0.2, 0.25) is 5.91 Å². The number of hydrogen-bond donors (Lipinski definition) is 2. The molecule has 0 aliphatic carbocycles. The molecule has 1 aliphatic heterocycles. The van der Waals surface area contributed by atoms with E-state index in [0.717, 1.165) is 40.8 Å². The van der Waals surface area contributed by atoms with Crippen LogP contribution in [0.2, 0.25) is 5.02 Å². The van der Waals surface area contributed by atoms with Crippen molar-refractivity contribution in [3.05, 3.63) is 130 Å². The van der Waals surface area contributed by atoms with E-state index in [0.29, 0.717) is 98.1 Å². The molecule has 6 rings (SSSR count). The number of halogens is 1. The highest BCUT2D eigenvalue weighted by molar-refractivity contribution is 6.30. The molecule has 0 spiro atoms. The van der Waals surface area contributed by atoms with Gasteiger partial charge in [-0.3, -0.25) is 19.1 Å². The number of carbonyl (C=O) groups is 2. The Balaban J connectivity index is 0.813. The van der Waals surface area contributed by atoms with Crippen molar-refractivity contribution in [2.75, 3.05) is 80.7 Å². The van der Waals surface area contributed by atoms with Crippen molar-refractivity contribution < 1.29 is 42.7 Å². The first-order valence-electron chi connectivity index (χ1n) is 20.7. The molecule has 0 saturated heterocycles. The maximum absolute atomic E-state index is 13.2. The minimum atomic E-state index is -0.607. The van der Waals surface area contributed by atoms with E-state index < -0.39 is 6.04 Å². The molecular formula is C47H54ClN6O9. The molecule has 5 aromatic rings. The summed E-state index contributed by atoms with van der Waals surface area (Å²) < 4.78 is 40.7. The van der Waals surface area contributed by atoms with Crippen LogP contribution in [0.25, 0.3) is 5.69 Å². The van der Waals surface area contributed by atoms with Gasteiger partial charge in [0.25, 0.3) is 5.91 Å². The third kappa shape index (κ3) is 13.5. The predicted octanol–water partition coefficient (Wildman–Crippen LogP) is 6.08. The lowest BCUT2D eigenvalue weighted by atomic mass is 10.00. The zero-order valence-electron chi connectivity index (χ0n) is 36.1. The van der Waals surface area contributed by atoms with Gasteiger partial charge in [-0.15, -0.1) is 10.2 Å². The fourth-order valence-corrected chi connectivity index (χ4v) is 6.99. The second-order valence-corrected chi connectivity index (χ2v) is 14.8. The van der Waals surface area contributed by atoms with E-state index in [4.69, 9.17) is 49.8 Å². The van der Waals surface area contributed by atoms with Crippen LogP contribution in [0.15, 0.2) is 89.9 Å². The molecule has 0 bridgehead atoms. The molecule has 1 atom stereocenters. The number of ether oxygens (including phenoxy) is 7. The SMILES string of the molecule is COc1ccc2c(c1)C(c1ccc(Cl)cc1)=N[C@@H](CC(=O)NCCOCCOCCOCCNC(=O)COc1cccc([CH]CCc3ccc(OC)c(OC)c3)c1)c1nnc(C)n1-2. The summed E-state index contributed by atoms with van der Waals surface area (Å²) in [6, 6.07) is 26.1. The van der Waals surface area contributed by atoms with Crippen LogP contribution < -0.4 is 29.6 Å². The zero-order chi connectivity index (χ0) is 44.4. The van der Waals surface area contributed by atoms with Gasteiger partial charge in [-0.2, -0.15) is 0 Å². The lowest BCUT2D eigenvalue weighted by Gasteiger charge is -2.14.